The van der Waals surface area contributed by atoms with Crippen molar-refractivity contribution >= 4 is 5.91 Å². The molecule has 1 amide bonds. The van der Waals surface area contributed by atoms with Gasteiger partial charge in [0.05, 0.1) is 12.2 Å². The average molecular weight is 220 g/mol. The molecule has 2 heterocycles. The van der Waals surface area contributed by atoms with Crippen molar-refractivity contribution in [2.75, 3.05) is 13.1 Å². The Morgan fingerprint density at radius 1 is 1.38 bits per heavy atom. The van der Waals surface area contributed by atoms with E-state index in [1.807, 2.05) is 15.8 Å². The largest absolute Gasteiger partial charge is 0.340 e. The number of hydrogen-bond donors (Lipinski definition) is 0. The predicted molar refractivity (Wildman–Crippen MR) is 57.6 cm³/mol. The lowest BCUT2D eigenvalue weighted by molar-refractivity contribution is -0.130. The van der Waals surface area contributed by atoms with Gasteiger partial charge in [-0.25, -0.2) is 4.68 Å². The normalized spacial score (nSPS) is 25.0. The van der Waals surface area contributed by atoms with Crippen molar-refractivity contribution in [3.8, 4) is 0 Å². The van der Waals surface area contributed by atoms with E-state index in [1.165, 1.54) is 12.8 Å². The second-order valence-electron chi connectivity index (χ2n) is 4.81. The molecule has 86 valence electrons. The lowest BCUT2D eigenvalue weighted by Crippen LogP contribution is -2.29. The van der Waals surface area contributed by atoms with Crippen LogP contribution >= 0.6 is 0 Å². The van der Waals surface area contributed by atoms with Crippen LogP contribution in [0, 0.1) is 5.92 Å². The van der Waals surface area contributed by atoms with Crippen LogP contribution in [-0.4, -0.2) is 38.9 Å². The van der Waals surface area contributed by atoms with Gasteiger partial charge in [0.15, 0.2) is 0 Å². The summed E-state index contributed by atoms with van der Waals surface area (Å²) in [6, 6.07) is 0.325. The fraction of sp³-hybridized carbons (Fsp3) is 0.727. The number of likely N-dealkylation sites (tertiary alicyclic amines) is 1. The highest BCUT2D eigenvalue weighted by Gasteiger charge is 2.31. The lowest BCUT2D eigenvalue weighted by atomic mass is 10.2. The molecular weight excluding hydrogens is 204 g/mol. The summed E-state index contributed by atoms with van der Waals surface area (Å²) in [5, 5.41) is 7.80. The van der Waals surface area contributed by atoms with Gasteiger partial charge in [0.1, 0.15) is 0 Å². The monoisotopic (exact) mass is 220 g/mol. The van der Waals surface area contributed by atoms with Crippen LogP contribution in [0.2, 0.25) is 0 Å². The molecule has 1 aliphatic carbocycles. The lowest BCUT2D eigenvalue weighted by Gasteiger charge is -2.16. The summed E-state index contributed by atoms with van der Waals surface area (Å²) in [4.78, 5) is 13.9. The molecule has 0 bridgehead atoms. The molecule has 2 fully saturated rings. The Balaban J connectivity index is 1.57. The van der Waals surface area contributed by atoms with Crippen LogP contribution < -0.4 is 0 Å². The molecule has 0 radical (unpaired) electrons. The topological polar surface area (TPSA) is 51.0 Å². The minimum absolute atomic E-state index is 0.324. The highest BCUT2D eigenvalue weighted by atomic mass is 16.2. The van der Waals surface area contributed by atoms with Crippen LogP contribution in [0.3, 0.4) is 0 Å². The van der Waals surface area contributed by atoms with Gasteiger partial charge in [0, 0.05) is 25.7 Å². The third kappa shape index (κ3) is 1.94. The number of hydrogen-bond acceptors (Lipinski definition) is 3. The van der Waals surface area contributed by atoms with E-state index >= 15 is 0 Å². The molecule has 2 aliphatic rings. The van der Waals surface area contributed by atoms with Gasteiger partial charge in [-0.05, 0) is 25.2 Å². The standard InChI is InChI=1S/C11H16N4O/c16-11(7-9-1-2-9)14-5-3-10(8-14)15-6-4-12-13-15/h4,6,9-10H,1-3,5,7-8H2/t10-/m0/s1. The number of rotatable bonds is 3. The van der Waals surface area contributed by atoms with Crippen molar-refractivity contribution in [2.24, 2.45) is 5.92 Å². The van der Waals surface area contributed by atoms with Crippen LogP contribution in [0.15, 0.2) is 12.4 Å². The molecule has 5 heteroatoms. The molecule has 3 rings (SSSR count). The van der Waals surface area contributed by atoms with E-state index in [0.717, 1.165) is 25.9 Å². The summed E-state index contributed by atoms with van der Waals surface area (Å²) in [6.45, 7) is 1.67. The van der Waals surface area contributed by atoms with E-state index in [9.17, 15) is 4.79 Å². The summed E-state index contributed by atoms with van der Waals surface area (Å²) in [7, 11) is 0. The van der Waals surface area contributed by atoms with Gasteiger partial charge >= 0.3 is 0 Å². The van der Waals surface area contributed by atoms with E-state index < -0.39 is 0 Å². The Hall–Kier alpha value is -1.39. The van der Waals surface area contributed by atoms with Crippen molar-refractivity contribution in [3.05, 3.63) is 12.4 Å². The van der Waals surface area contributed by atoms with Gasteiger partial charge in [-0.15, -0.1) is 5.10 Å². The molecule has 0 spiro atoms. The SMILES string of the molecule is O=C(CC1CC1)N1CC[C@H](n2ccnn2)C1. The molecule has 1 aromatic heterocycles. The zero-order valence-electron chi connectivity index (χ0n) is 9.25. The van der Waals surface area contributed by atoms with Crippen molar-refractivity contribution < 1.29 is 4.79 Å². The Morgan fingerprint density at radius 2 is 2.25 bits per heavy atom. The minimum atomic E-state index is 0.324. The van der Waals surface area contributed by atoms with Crippen LogP contribution in [0.1, 0.15) is 31.7 Å². The molecule has 1 aliphatic heterocycles. The van der Waals surface area contributed by atoms with Crippen molar-refractivity contribution in [1.82, 2.24) is 19.9 Å². The van der Waals surface area contributed by atoms with E-state index in [2.05, 4.69) is 10.3 Å². The first-order valence-electron chi connectivity index (χ1n) is 5.96. The van der Waals surface area contributed by atoms with Gasteiger partial charge in [-0.1, -0.05) is 5.21 Å². The van der Waals surface area contributed by atoms with Gasteiger partial charge in [0.25, 0.3) is 0 Å². The Morgan fingerprint density at radius 3 is 2.94 bits per heavy atom. The number of amides is 1. The molecule has 0 N–H and O–H groups in total. The molecular formula is C11H16N4O. The highest BCUT2D eigenvalue weighted by Crippen LogP contribution is 2.33. The maximum atomic E-state index is 11.9. The summed E-state index contributed by atoms with van der Waals surface area (Å²) in [5.41, 5.74) is 0. The van der Waals surface area contributed by atoms with E-state index in [1.54, 1.807) is 6.20 Å². The Bertz CT molecular complexity index is 371. The number of carbonyl (C=O) groups excluding carboxylic acids is 1. The quantitative estimate of drug-likeness (QED) is 0.759. The van der Waals surface area contributed by atoms with Gasteiger partial charge in [-0.2, -0.15) is 0 Å². The first kappa shape index (κ1) is 9.81. The van der Waals surface area contributed by atoms with Gasteiger partial charge in [0.2, 0.25) is 5.91 Å². The Labute approximate surface area is 94.4 Å². The molecule has 0 unspecified atom stereocenters. The highest BCUT2D eigenvalue weighted by molar-refractivity contribution is 5.77. The van der Waals surface area contributed by atoms with Gasteiger partial charge in [-0.3, -0.25) is 4.79 Å². The Kier molecular flexibility index (Phi) is 2.38. The van der Waals surface area contributed by atoms with Crippen LogP contribution in [0.5, 0.6) is 0 Å². The number of carbonyl (C=O) groups is 1. The number of nitrogens with zero attached hydrogens (tertiary/aromatic N) is 4. The second-order valence-corrected chi connectivity index (χ2v) is 4.81. The molecule has 1 saturated carbocycles. The zero-order chi connectivity index (χ0) is 11.0. The van der Waals surface area contributed by atoms with Crippen LogP contribution in [0.4, 0.5) is 0 Å². The van der Waals surface area contributed by atoms with E-state index in [-0.39, 0.29) is 0 Å². The van der Waals surface area contributed by atoms with Crippen LogP contribution in [0.25, 0.3) is 0 Å². The molecule has 16 heavy (non-hydrogen) atoms. The summed E-state index contributed by atoms with van der Waals surface area (Å²) in [6.07, 6.45) is 7.80. The summed E-state index contributed by atoms with van der Waals surface area (Å²) in [5.74, 6) is 1.00. The second kappa shape index (κ2) is 3.88. The fourth-order valence-electron chi connectivity index (χ4n) is 2.29. The zero-order valence-corrected chi connectivity index (χ0v) is 9.25. The fourth-order valence-corrected chi connectivity index (χ4v) is 2.29. The number of aromatic nitrogens is 3. The maximum absolute atomic E-state index is 11.9. The summed E-state index contributed by atoms with van der Waals surface area (Å²) >= 11 is 0. The van der Waals surface area contributed by atoms with Crippen molar-refractivity contribution in [2.45, 2.75) is 31.7 Å². The molecule has 1 aromatic rings. The average Bonchev–Trinajstić information content (AvgIpc) is 2.84. The summed E-state index contributed by atoms with van der Waals surface area (Å²) < 4.78 is 1.87. The van der Waals surface area contributed by atoms with E-state index in [4.69, 9.17) is 0 Å². The smallest absolute Gasteiger partial charge is 0.222 e. The van der Waals surface area contributed by atoms with Crippen molar-refractivity contribution in [3.63, 3.8) is 0 Å². The predicted octanol–water partition coefficient (Wildman–Crippen LogP) is 0.852. The van der Waals surface area contributed by atoms with E-state index in [0.29, 0.717) is 17.9 Å². The molecule has 1 saturated heterocycles. The first-order chi connectivity index (χ1) is 7.83. The molecule has 5 nitrogen and oxygen atoms in total. The third-order valence-corrected chi connectivity index (χ3v) is 3.49. The third-order valence-electron chi connectivity index (χ3n) is 3.49. The minimum Gasteiger partial charge on any atom is -0.340 e. The maximum Gasteiger partial charge on any atom is 0.222 e. The first-order valence-corrected chi connectivity index (χ1v) is 5.96. The van der Waals surface area contributed by atoms with Crippen molar-refractivity contribution in [1.29, 1.82) is 0 Å². The molecule has 0 aromatic carbocycles. The van der Waals surface area contributed by atoms with Gasteiger partial charge < -0.3 is 4.90 Å². The van der Waals surface area contributed by atoms with Crippen LogP contribution in [-0.2, 0) is 4.79 Å². The molecule has 1 atom stereocenters.